The van der Waals surface area contributed by atoms with Crippen molar-refractivity contribution in [3.8, 4) is 6.07 Å². The number of aromatic nitrogens is 4. The molecule has 1 aliphatic heterocycles. The summed E-state index contributed by atoms with van der Waals surface area (Å²) in [6.45, 7) is 2.24. The summed E-state index contributed by atoms with van der Waals surface area (Å²) in [5.74, 6) is 0.445. The van der Waals surface area contributed by atoms with Crippen LogP contribution in [-0.4, -0.2) is 44.1 Å². The average molecular weight is 468 g/mol. The number of nitrogens with zero attached hydrogens (tertiary/aromatic N) is 6. The molecule has 178 valence electrons. The second kappa shape index (κ2) is 8.82. The first-order valence-corrected chi connectivity index (χ1v) is 12.5. The van der Waals surface area contributed by atoms with Gasteiger partial charge in [0.15, 0.2) is 0 Å². The largest absolute Gasteiger partial charge is 0.343 e. The molecule has 1 N–H and O–H groups in total. The molecule has 0 amide bonds. The molecule has 1 atom stereocenters. The third-order valence-electron chi connectivity index (χ3n) is 7.55. The van der Waals surface area contributed by atoms with E-state index >= 15 is 0 Å². The first kappa shape index (κ1) is 21.8. The molecule has 2 aliphatic rings. The molecule has 8 heteroatoms. The Balaban J connectivity index is 1.34. The van der Waals surface area contributed by atoms with Crippen LogP contribution in [0.4, 0.5) is 11.6 Å². The molecule has 2 fully saturated rings. The zero-order chi connectivity index (χ0) is 23.9. The van der Waals surface area contributed by atoms with E-state index < -0.39 is 0 Å². The number of likely N-dealkylation sites (tertiary alicyclic amines) is 1. The van der Waals surface area contributed by atoms with Crippen LogP contribution in [0.5, 0.6) is 0 Å². The van der Waals surface area contributed by atoms with Crippen molar-refractivity contribution in [2.75, 3.05) is 25.5 Å². The fourth-order valence-electron chi connectivity index (χ4n) is 5.82. The van der Waals surface area contributed by atoms with Gasteiger partial charge in [0.1, 0.15) is 17.3 Å². The summed E-state index contributed by atoms with van der Waals surface area (Å²) >= 11 is 0. The molecule has 0 bridgehead atoms. The summed E-state index contributed by atoms with van der Waals surface area (Å²) in [6, 6.07) is 12.7. The molecule has 1 unspecified atom stereocenters. The van der Waals surface area contributed by atoms with Gasteiger partial charge in [-0.2, -0.15) is 10.2 Å². The molecule has 6 rings (SSSR count). The number of anilines is 2. The number of benzene rings is 1. The van der Waals surface area contributed by atoms with Crippen molar-refractivity contribution in [2.24, 2.45) is 0 Å². The number of fused-ring (bicyclic) bond motifs is 2. The van der Waals surface area contributed by atoms with Gasteiger partial charge in [0.25, 0.3) is 5.56 Å². The number of hydrogen-bond donors (Lipinski definition) is 1. The van der Waals surface area contributed by atoms with Crippen molar-refractivity contribution in [3.05, 3.63) is 58.6 Å². The Labute approximate surface area is 203 Å². The highest BCUT2D eigenvalue weighted by atomic mass is 16.1. The summed E-state index contributed by atoms with van der Waals surface area (Å²) in [6.07, 6.45) is 10.4. The first-order chi connectivity index (χ1) is 17.1. The van der Waals surface area contributed by atoms with Gasteiger partial charge < -0.3 is 14.8 Å². The lowest BCUT2D eigenvalue weighted by molar-refractivity contribution is 0.215. The standard InChI is InChI=1S/C27H29N7O/c1-32-11-4-7-23(17-32)33-12-10-18-14-21(8-9-24(18)33)30-27-29-16-20-13-19(15-28)26(35)34(25(20)31-27)22-5-2-3-6-22/h8-10,12-14,16,22-23H,2-7,11,17H2,1H3,(H,29,30,31). The van der Waals surface area contributed by atoms with Crippen molar-refractivity contribution in [1.29, 1.82) is 5.26 Å². The molecule has 4 heterocycles. The van der Waals surface area contributed by atoms with Gasteiger partial charge in [-0.05, 0) is 69.6 Å². The third kappa shape index (κ3) is 3.96. The topological polar surface area (TPSA) is 91.8 Å². The van der Waals surface area contributed by atoms with E-state index in [1.165, 1.54) is 30.3 Å². The number of hydrogen-bond acceptors (Lipinski definition) is 6. The minimum atomic E-state index is -0.257. The van der Waals surface area contributed by atoms with E-state index in [0.29, 0.717) is 23.0 Å². The second-order valence-electron chi connectivity index (χ2n) is 9.94. The Morgan fingerprint density at radius 2 is 1.89 bits per heavy atom. The average Bonchev–Trinajstić information content (AvgIpc) is 3.54. The maximum atomic E-state index is 13.0. The van der Waals surface area contributed by atoms with Gasteiger partial charge in [0.05, 0.1) is 0 Å². The number of rotatable bonds is 4. The van der Waals surface area contributed by atoms with Gasteiger partial charge in [-0.3, -0.25) is 9.36 Å². The van der Waals surface area contributed by atoms with Crippen LogP contribution in [0.15, 0.2) is 47.5 Å². The summed E-state index contributed by atoms with van der Waals surface area (Å²) < 4.78 is 4.12. The Bertz CT molecular complexity index is 1510. The maximum absolute atomic E-state index is 13.0. The number of likely N-dealkylation sites (N-methyl/N-ethyl adjacent to an activating group) is 1. The number of nitrogens with one attached hydrogen (secondary N) is 1. The highest BCUT2D eigenvalue weighted by Crippen LogP contribution is 2.32. The van der Waals surface area contributed by atoms with E-state index in [9.17, 15) is 10.1 Å². The fraction of sp³-hybridized carbons (Fsp3) is 0.407. The smallest absolute Gasteiger partial charge is 0.270 e. The summed E-state index contributed by atoms with van der Waals surface area (Å²) in [4.78, 5) is 24.6. The second-order valence-corrected chi connectivity index (χ2v) is 9.94. The van der Waals surface area contributed by atoms with Gasteiger partial charge in [-0.25, -0.2) is 4.98 Å². The van der Waals surface area contributed by atoms with E-state index in [2.05, 4.69) is 57.3 Å². The molecule has 1 saturated carbocycles. The molecule has 8 nitrogen and oxygen atoms in total. The van der Waals surface area contributed by atoms with Crippen molar-refractivity contribution in [2.45, 2.75) is 50.6 Å². The van der Waals surface area contributed by atoms with E-state index in [0.717, 1.165) is 37.9 Å². The predicted octanol–water partition coefficient (Wildman–Crippen LogP) is 4.74. The van der Waals surface area contributed by atoms with Crippen molar-refractivity contribution < 1.29 is 0 Å². The Kier molecular flexibility index (Phi) is 5.50. The number of piperidine rings is 1. The SMILES string of the molecule is CN1CCCC(n2ccc3cc(Nc4ncc5cc(C#N)c(=O)n(C6CCCC6)c5n4)ccc32)C1. The Morgan fingerprint density at radius 3 is 2.69 bits per heavy atom. The van der Waals surface area contributed by atoms with Crippen LogP contribution in [0.2, 0.25) is 0 Å². The van der Waals surface area contributed by atoms with Gasteiger partial charge >= 0.3 is 0 Å². The van der Waals surface area contributed by atoms with E-state index in [4.69, 9.17) is 4.98 Å². The molecule has 1 aromatic carbocycles. The van der Waals surface area contributed by atoms with Gasteiger partial charge in [-0.1, -0.05) is 12.8 Å². The Morgan fingerprint density at radius 1 is 1.06 bits per heavy atom. The quantitative estimate of drug-likeness (QED) is 0.466. The van der Waals surface area contributed by atoms with E-state index in [1.807, 2.05) is 6.07 Å². The van der Waals surface area contributed by atoms with Crippen LogP contribution in [0.25, 0.3) is 21.9 Å². The first-order valence-electron chi connectivity index (χ1n) is 12.5. The molecule has 35 heavy (non-hydrogen) atoms. The molecule has 3 aromatic heterocycles. The fourth-order valence-corrected chi connectivity index (χ4v) is 5.82. The molecule has 0 radical (unpaired) electrons. The molecule has 4 aromatic rings. The maximum Gasteiger partial charge on any atom is 0.270 e. The lowest BCUT2D eigenvalue weighted by Gasteiger charge is -2.31. The van der Waals surface area contributed by atoms with E-state index in [-0.39, 0.29) is 17.2 Å². The van der Waals surface area contributed by atoms with Crippen LogP contribution in [-0.2, 0) is 0 Å². The van der Waals surface area contributed by atoms with Crippen LogP contribution in [0, 0.1) is 11.3 Å². The summed E-state index contributed by atoms with van der Waals surface area (Å²) in [5.41, 5.74) is 2.61. The molecule has 1 aliphatic carbocycles. The predicted molar refractivity (Wildman–Crippen MR) is 137 cm³/mol. The summed E-state index contributed by atoms with van der Waals surface area (Å²) in [5, 5.41) is 14.7. The van der Waals surface area contributed by atoms with Crippen LogP contribution < -0.4 is 10.9 Å². The van der Waals surface area contributed by atoms with Gasteiger partial charge in [-0.15, -0.1) is 0 Å². The van der Waals surface area contributed by atoms with E-state index in [1.54, 1.807) is 16.8 Å². The molecular formula is C27H29N7O. The van der Waals surface area contributed by atoms with Crippen LogP contribution in [0.3, 0.4) is 0 Å². The highest BCUT2D eigenvalue weighted by Gasteiger charge is 2.23. The number of nitriles is 1. The van der Waals surface area contributed by atoms with Crippen molar-refractivity contribution in [1.82, 2.24) is 24.0 Å². The van der Waals surface area contributed by atoms with Gasteiger partial charge in [0, 0.05) is 53.0 Å². The third-order valence-corrected chi connectivity index (χ3v) is 7.55. The lowest BCUT2D eigenvalue weighted by Crippen LogP contribution is -2.33. The summed E-state index contributed by atoms with van der Waals surface area (Å²) in [7, 11) is 2.19. The normalized spacial score (nSPS) is 19.4. The highest BCUT2D eigenvalue weighted by molar-refractivity contribution is 5.85. The lowest BCUT2D eigenvalue weighted by atomic mass is 10.1. The van der Waals surface area contributed by atoms with Crippen molar-refractivity contribution in [3.63, 3.8) is 0 Å². The molecule has 0 spiro atoms. The zero-order valence-electron chi connectivity index (χ0n) is 19.9. The van der Waals surface area contributed by atoms with Crippen LogP contribution >= 0.6 is 0 Å². The van der Waals surface area contributed by atoms with Crippen molar-refractivity contribution >= 4 is 33.6 Å². The minimum absolute atomic E-state index is 0.0796. The monoisotopic (exact) mass is 467 g/mol. The minimum Gasteiger partial charge on any atom is -0.343 e. The molecular weight excluding hydrogens is 438 g/mol. The zero-order valence-corrected chi connectivity index (χ0v) is 19.9. The van der Waals surface area contributed by atoms with Crippen LogP contribution in [0.1, 0.15) is 56.2 Å². The Hall–Kier alpha value is -3.70. The van der Waals surface area contributed by atoms with Gasteiger partial charge in [0.2, 0.25) is 5.95 Å². The molecule has 1 saturated heterocycles. The number of pyridine rings is 1.